The predicted molar refractivity (Wildman–Crippen MR) is 104 cm³/mol. The maximum Gasteiger partial charge on any atom is 0.405 e. The molecule has 10 heteroatoms. The topological polar surface area (TPSA) is 79.8 Å². The third-order valence-electron chi connectivity index (χ3n) is 4.05. The van der Waals surface area contributed by atoms with Crippen LogP contribution >= 0.6 is 0 Å². The molecule has 1 aromatic carbocycles. The number of fused-ring (bicyclic) bond motifs is 1. The van der Waals surface area contributed by atoms with Crippen molar-refractivity contribution in [2.45, 2.75) is 25.6 Å². The quantitative estimate of drug-likeness (QED) is 0.616. The number of aromatic nitrogens is 3. The molecule has 0 aliphatic rings. The lowest BCUT2D eigenvalue weighted by molar-refractivity contribution is -0.140. The maximum atomic E-state index is 14.2. The van der Waals surface area contributed by atoms with Gasteiger partial charge in [-0.3, -0.25) is 9.78 Å². The van der Waals surface area contributed by atoms with Crippen LogP contribution in [-0.2, 0) is 4.79 Å². The first-order valence-electron chi connectivity index (χ1n) is 8.56. The van der Waals surface area contributed by atoms with Crippen LogP contribution in [0.5, 0.6) is 0 Å². The zero-order valence-electron chi connectivity index (χ0n) is 15.5. The number of nitrogens with zero attached hydrogens (tertiary/aromatic N) is 3. The van der Waals surface area contributed by atoms with Crippen molar-refractivity contribution in [2.24, 2.45) is 0 Å². The first-order valence-corrected chi connectivity index (χ1v) is 8.56. The van der Waals surface area contributed by atoms with Crippen molar-refractivity contribution < 1.29 is 25.2 Å². The molecule has 3 rings (SSSR count). The summed E-state index contributed by atoms with van der Waals surface area (Å²) in [6, 6.07) is 8.88. The molecule has 0 fully saturated rings. The molecule has 0 aliphatic carbocycles. The summed E-state index contributed by atoms with van der Waals surface area (Å²) in [6.07, 6.45) is -1.96. The molecule has 0 bridgehead atoms. The Morgan fingerprint density at radius 2 is 1.93 bits per heavy atom. The zero-order chi connectivity index (χ0) is 21.2. The lowest BCUT2D eigenvalue weighted by Crippen LogP contribution is -2.50. The molecule has 0 radical (unpaired) electrons. The molecule has 0 aliphatic heterocycles. The fourth-order valence-electron chi connectivity index (χ4n) is 2.56. The van der Waals surface area contributed by atoms with Crippen molar-refractivity contribution in [1.82, 2.24) is 20.3 Å². The van der Waals surface area contributed by atoms with E-state index in [9.17, 15) is 22.4 Å². The molecule has 0 spiro atoms. The Labute approximate surface area is 166 Å². The van der Waals surface area contributed by atoms with Crippen LogP contribution in [-0.4, -0.2) is 39.1 Å². The van der Waals surface area contributed by atoms with E-state index in [0.29, 0.717) is 5.56 Å². The van der Waals surface area contributed by atoms with Gasteiger partial charge in [-0.1, -0.05) is 6.07 Å². The van der Waals surface area contributed by atoms with E-state index < -0.39 is 30.0 Å². The number of halogens is 4. The first-order chi connectivity index (χ1) is 13.5. The number of anilines is 1. The Hall–Kier alpha value is -3.30. The van der Waals surface area contributed by atoms with Gasteiger partial charge in [-0.15, -0.1) is 0 Å². The number of nitrogens with one attached hydrogen (secondary N) is 2. The van der Waals surface area contributed by atoms with E-state index in [1.807, 2.05) is 6.07 Å². The maximum absolute atomic E-state index is 14.2. The van der Waals surface area contributed by atoms with Crippen LogP contribution in [0, 0.1) is 5.82 Å². The Morgan fingerprint density at radius 1 is 1.17 bits per heavy atom. The molecule has 0 unspecified atom stereocenters. The molecule has 156 valence electrons. The summed E-state index contributed by atoms with van der Waals surface area (Å²) in [5.41, 5.74) is -0.197. The van der Waals surface area contributed by atoms with Crippen LogP contribution in [0.15, 0.2) is 42.7 Å². The lowest BCUT2D eigenvalue weighted by atomic mass is 10.0. The second-order valence-electron chi connectivity index (χ2n) is 6.85. The van der Waals surface area contributed by atoms with Crippen molar-refractivity contribution in [2.75, 3.05) is 11.9 Å². The molecule has 1 amide bonds. The van der Waals surface area contributed by atoms with Crippen molar-refractivity contribution in [3.05, 3.63) is 48.5 Å². The summed E-state index contributed by atoms with van der Waals surface area (Å²) in [4.78, 5) is 24.4. The molecule has 0 atom stereocenters. The third-order valence-corrected chi connectivity index (χ3v) is 4.05. The van der Waals surface area contributed by atoms with Crippen molar-refractivity contribution in [1.29, 1.82) is 0 Å². The molecule has 29 heavy (non-hydrogen) atoms. The summed E-state index contributed by atoms with van der Waals surface area (Å²) in [5, 5.41) is 5.15. The van der Waals surface area contributed by atoms with Gasteiger partial charge in [-0.2, -0.15) is 13.2 Å². The van der Waals surface area contributed by atoms with Gasteiger partial charge in [0.05, 0.1) is 11.7 Å². The minimum absolute atomic E-state index is 0. The van der Waals surface area contributed by atoms with Gasteiger partial charge in [-0.25, -0.2) is 14.4 Å². The fourth-order valence-corrected chi connectivity index (χ4v) is 2.56. The van der Waals surface area contributed by atoms with Crippen LogP contribution in [0.25, 0.3) is 22.3 Å². The molecule has 3 aromatic rings. The third kappa shape index (κ3) is 4.95. The fraction of sp³-hybridized carbons (Fsp3) is 0.263. The molecule has 2 heterocycles. The number of benzene rings is 1. The highest BCUT2D eigenvalue weighted by atomic mass is 19.4. The summed E-state index contributed by atoms with van der Waals surface area (Å²) >= 11 is 0. The van der Waals surface area contributed by atoms with Gasteiger partial charge in [0.2, 0.25) is 5.91 Å². The van der Waals surface area contributed by atoms with Crippen molar-refractivity contribution in [3.63, 3.8) is 0 Å². The van der Waals surface area contributed by atoms with E-state index in [1.165, 1.54) is 13.8 Å². The van der Waals surface area contributed by atoms with Gasteiger partial charge in [0, 0.05) is 20.0 Å². The number of hydrogen-bond acceptors (Lipinski definition) is 5. The predicted octanol–water partition coefficient (Wildman–Crippen LogP) is 4.19. The lowest BCUT2D eigenvalue weighted by Gasteiger charge is -2.26. The van der Waals surface area contributed by atoms with Gasteiger partial charge < -0.3 is 10.6 Å². The number of hydrogen-bond donors (Lipinski definition) is 2. The summed E-state index contributed by atoms with van der Waals surface area (Å²) in [6.45, 7) is 1.16. The molecule has 2 N–H and O–H groups in total. The minimum atomic E-state index is -4.55. The summed E-state index contributed by atoms with van der Waals surface area (Å²) in [5.74, 6) is -1.90. The molecular formula is C19H21F4N5O. The van der Waals surface area contributed by atoms with E-state index in [1.54, 1.807) is 35.8 Å². The van der Waals surface area contributed by atoms with E-state index in [4.69, 9.17) is 0 Å². The zero-order valence-corrected chi connectivity index (χ0v) is 15.5. The van der Waals surface area contributed by atoms with Crippen LogP contribution in [0.1, 0.15) is 16.7 Å². The Balaban J connectivity index is 0.00000240. The number of rotatable bonds is 5. The SMILES string of the molecule is CC(C)(Nc1nc(-c2ccc3ncccc3c2)ncc1F)C(=O)NCC(F)(F)F.[HH].[HH]. The van der Waals surface area contributed by atoms with Crippen molar-refractivity contribution >= 4 is 22.6 Å². The van der Waals surface area contributed by atoms with E-state index in [0.717, 1.165) is 17.1 Å². The van der Waals surface area contributed by atoms with Crippen LogP contribution < -0.4 is 10.6 Å². The largest absolute Gasteiger partial charge is 0.405 e. The molecular weight excluding hydrogens is 390 g/mol. The second-order valence-corrected chi connectivity index (χ2v) is 6.85. The molecule has 2 aromatic heterocycles. The Kier molecular flexibility index (Phi) is 5.36. The van der Waals surface area contributed by atoms with Gasteiger partial charge in [0.1, 0.15) is 12.1 Å². The normalized spacial score (nSPS) is 12.1. The van der Waals surface area contributed by atoms with Crippen LogP contribution in [0.2, 0.25) is 0 Å². The first kappa shape index (κ1) is 20.4. The average molecular weight is 411 g/mol. The van der Waals surface area contributed by atoms with Crippen LogP contribution in [0.4, 0.5) is 23.4 Å². The number of alkyl halides is 3. The highest BCUT2D eigenvalue weighted by Gasteiger charge is 2.33. The van der Waals surface area contributed by atoms with E-state index >= 15 is 0 Å². The van der Waals surface area contributed by atoms with Crippen LogP contribution in [0.3, 0.4) is 0 Å². The summed E-state index contributed by atoms with van der Waals surface area (Å²) in [7, 11) is 0. The number of carbonyl (C=O) groups is 1. The van der Waals surface area contributed by atoms with E-state index in [2.05, 4.69) is 20.3 Å². The second kappa shape index (κ2) is 7.61. The van der Waals surface area contributed by atoms with Gasteiger partial charge in [0.25, 0.3) is 0 Å². The monoisotopic (exact) mass is 411 g/mol. The van der Waals surface area contributed by atoms with Crippen molar-refractivity contribution in [3.8, 4) is 11.4 Å². The smallest absolute Gasteiger partial charge is 0.354 e. The highest BCUT2D eigenvalue weighted by molar-refractivity contribution is 5.88. The average Bonchev–Trinajstić information content (AvgIpc) is 2.66. The Bertz CT molecular complexity index is 1060. The van der Waals surface area contributed by atoms with Gasteiger partial charge in [0.15, 0.2) is 17.5 Å². The molecule has 0 saturated heterocycles. The van der Waals surface area contributed by atoms with Gasteiger partial charge >= 0.3 is 6.18 Å². The Morgan fingerprint density at radius 3 is 2.66 bits per heavy atom. The number of amides is 1. The highest BCUT2D eigenvalue weighted by Crippen LogP contribution is 2.24. The summed E-state index contributed by atoms with van der Waals surface area (Å²) < 4.78 is 51.2. The number of pyridine rings is 1. The minimum Gasteiger partial charge on any atom is -0.354 e. The van der Waals surface area contributed by atoms with Gasteiger partial charge in [-0.05, 0) is 38.1 Å². The molecule has 6 nitrogen and oxygen atoms in total. The molecule has 0 saturated carbocycles. The number of carbonyl (C=O) groups excluding carboxylic acids is 1. The standard InChI is InChI=1S/C19H17F4N5O.2H2/c1-18(2,17(29)26-10-19(21,22)23)28-16-13(20)9-25-15(27-16)12-5-6-14-11(8-12)4-3-7-24-14;;/h3-9H,10H2,1-2H3,(H,26,29)(H,25,27,28);2*1H. The van der Waals surface area contributed by atoms with E-state index in [-0.39, 0.29) is 14.5 Å².